The Morgan fingerprint density at radius 2 is 1.93 bits per heavy atom. The molecule has 0 aromatic heterocycles. The molecule has 2 amide bonds. The molecule has 166 valence electrons. The number of para-hydroxylation sites is 1. The van der Waals surface area contributed by atoms with Gasteiger partial charge in [-0.3, -0.25) is 19.8 Å². The van der Waals surface area contributed by atoms with E-state index < -0.39 is 0 Å². The fourth-order valence-electron chi connectivity index (χ4n) is 4.05. The number of hydrogen-bond acceptors (Lipinski definition) is 5. The molecule has 2 aliphatic rings. The smallest absolute Gasteiger partial charge is 0.290 e. The van der Waals surface area contributed by atoms with E-state index in [1.54, 1.807) is 6.08 Å². The second-order valence-corrected chi connectivity index (χ2v) is 8.73. The highest BCUT2D eigenvalue weighted by Crippen LogP contribution is 2.36. The lowest BCUT2D eigenvalue weighted by atomic mass is 10.0. The third kappa shape index (κ3) is 6.25. The van der Waals surface area contributed by atoms with Crippen LogP contribution in [-0.4, -0.2) is 48.3 Å². The fraction of sp³-hybridized carbons (Fsp3) is 0.565. The zero-order valence-electron chi connectivity index (χ0n) is 18.5. The summed E-state index contributed by atoms with van der Waals surface area (Å²) in [6.45, 7) is 12.6. The van der Waals surface area contributed by atoms with Crippen LogP contribution in [0.3, 0.4) is 0 Å². The minimum absolute atomic E-state index is 0.326. The van der Waals surface area contributed by atoms with Crippen LogP contribution in [0.4, 0.5) is 10.5 Å². The molecule has 0 radical (unpaired) electrons. The molecule has 2 saturated heterocycles. The number of nitrogens with one attached hydrogen (secondary N) is 1. The maximum absolute atomic E-state index is 12.0. The standard InChI is InChI=1S/C21H28ClN3O2S.C2H6/c1-3-10-24(11-4-2)16-8-6-12-25(14-16)19-15(7-5-9-17(19)22)13-18-20(26)23-21(27)28-18;1-2/h5,7,9,13,16H,3-4,6,8,10-12,14H2,1-2H3,(H,23,26,27);1-2H3/b18-13-;. The van der Waals surface area contributed by atoms with E-state index in [0.29, 0.717) is 16.0 Å². The number of benzene rings is 1. The number of carbonyl (C=O) groups is 2. The summed E-state index contributed by atoms with van der Waals surface area (Å²) in [7, 11) is 0. The summed E-state index contributed by atoms with van der Waals surface area (Å²) in [5, 5.41) is 2.67. The highest BCUT2D eigenvalue weighted by Gasteiger charge is 2.28. The van der Waals surface area contributed by atoms with Gasteiger partial charge in [0, 0.05) is 24.7 Å². The monoisotopic (exact) mass is 451 g/mol. The number of rotatable bonds is 7. The number of hydrogen-bond donors (Lipinski definition) is 1. The Labute approximate surface area is 190 Å². The Hall–Kier alpha value is -1.50. The third-order valence-electron chi connectivity index (χ3n) is 5.20. The average Bonchev–Trinajstić information content (AvgIpc) is 3.06. The van der Waals surface area contributed by atoms with Crippen LogP contribution in [0.15, 0.2) is 23.1 Å². The molecule has 0 spiro atoms. The lowest BCUT2D eigenvalue weighted by molar-refractivity contribution is -0.115. The Morgan fingerprint density at radius 1 is 1.23 bits per heavy atom. The molecule has 1 aromatic rings. The van der Waals surface area contributed by atoms with E-state index in [2.05, 4.69) is 29.0 Å². The van der Waals surface area contributed by atoms with Crippen molar-refractivity contribution < 1.29 is 9.59 Å². The van der Waals surface area contributed by atoms with E-state index in [1.165, 1.54) is 6.42 Å². The first-order valence-electron chi connectivity index (χ1n) is 11.1. The number of amides is 2. The van der Waals surface area contributed by atoms with Crippen molar-refractivity contribution in [2.24, 2.45) is 0 Å². The van der Waals surface area contributed by atoms with E-state index in [-0.39, 0.29) is 11.1 Å². The van der Waals surface area contributed by atoms with Crippen molar-refractivity contribution in [2.75, 3.05) is 31.1 Å². The van der Waals surface area contributed by atoms with Gasteiger partial charge in [0.05, 0.1) is 15.6 Å². The van der Waals surface area contributed by atoms with Crippen molar-refractivity contribution >= 4 is 46.3 Å². The number of piperidine rings is 1. The molecule has 2 fully saturated rings. The summed E-state index contributed by atoms with van der Waals surface area (Å²) in [6.07, 6.45) is 6.40. The zero-order chi connectivity index (χ0) is 22.1. The minimum atomic E-state index is -0.338. The lowest BCUT2D eigenvalue weighted by Crippen LogP contribution is -2.48. The average molecular weight is 452 g/mol. The van der Waals surface area contributed by atoms with Crippen LogP contribution in [0.2, 0.25) is 5.02 Å². The van der Waals surface area contributed by atoms with E-state index in [9.17, 15) is 9.59 Å². The van der Waals surface area contributed by atoms with E-state index in [1.807, 2.05) is 32.0 Å². The van der Waals surface area contributed by atoms with E-state index in [4.69, 9.17) is 11.6 Å². The van der Waals surface area contributed by atoms with Gasteiger partial charge in [0.2, 0.25) is 0 Å². The largest absolute Gasteiger partial charge is 0.368 e. The minimum Gasteiger partial charge on any atom is -0.368 e. The van der Waals surface area contributed by atoms with Gasteiger partial charge in [0.25, 0.3) is 11.1 Å². The van der Waals surface area contributed by atoms with Crippen molar-refractivity contribution in [1.29, 1.82) is 0 Å². The van der Waals surface area contributed by atoms with E-state index in [0.717, 1.165) is 68.5 Å². The summed E-state index contributed by atoms with van der Waals surface area (Å²) in [4.78, 5) is 28.8. The van der Waals surface area contributed by atoms with Gasteiger partial charge in [0.1, 0.15) is 0 Å². The van der Waals surface area contributed by atoms with Crippen molar-refractivity contribution in [3.8, 4) is 0 Å². The van der Waals surface area contributed by atoms with Gasteiger partial charge in [-0.25, -0.2) is 0 Å². The lowest BCUT2D eigenvalue weighted by Gasteiger charge is -2.41. The summed E-state index contributed by atoms with van der Waals surface area (Å²) < 4.78 is 0. The Bertz CT molecular complexity index is 763. The van der Waals surface area contributed by atoms with Crippen molar-refractivity contribution in [3.05, 3.63) is 33.7 Å². The number of carbonyl (C=O) groups excluding carboxylic acids is 2. The van der Waals surface area contributed by atoms with Gasteiger partial charge in [-0.05, 0) is 62.7 Å². The van der Waals surface area contributed by atoms with Crippen LogP contribution in [0.5, 0.6) is 0 Å². The molecule has 3 rings (SSSR count). The number of halogens is 1. The molecular formula is C23H34ClN3O2S. The van der Waals surface area contributed by atoms with Gasteiger partial charge < -0.3 is 4.90 Å². The maximum atomic E-state index is 12.0. The summed E-state index contributed by atoms with van der Waals surface area (Å²) >= 11 is 7.54. The summed E-state index contributed by atoms with van der Waals surface area (Å²) in [5.41, 5.74) is 1.85. The van der Waals surface area contributed by atoms with Crippen molar-refractivity contribution in [2.45, 2.75) is 59.4 Å². The Balaban J connectivity index is 0.00000155. The fourth-order valence-corrected chi connectivity index (χ4v) is 5.03. The molecule has 30 heavy (non-hydrogen) atoms. The molecular weight excluding hydrogens is 418 g/mol. The van der Waals surface area contributed by atoms with Crippen LogP contribution in [0, 0.1) is 0 Å². The highest BCUT2D eigenvalue weighted by molar-refractivity contribution is 8.18. The number of nitrogens with zero attached hydrogens (tertiary/aromatic N) is 2. The van der Waals surface area contributed by atoms with Crippen LogP contribution in [0.1, 0.15) is 58.9 Å². The number of imide groups is 1. The van der Waals surface area contributed by atoms with Crippen molar-refractivity contribution in [1.82, 2.24) is 10.2 Å². The predicted molar refractivity (Wildman–Crippen MR) is 129 cm³/mol. The van der Waals surface area contributed by atoms with E-state index >= 15 is 0 Å². The van der Waals surface area contributed by atoms with Crippen LogP contribution in [0.25, 0.3) is 6.08 Å². The SMILES string of the molecule is CC.CCCN(CCC)C1CCCN(c2c(Cl)cccc2/C=C2\SC(=O)NC2=O)C1. The molecule has 2 heterocycles. The first kappa shape index (κ1) is 24.8. The predicted octanol–water partition coefficient (Wildman–Crippen LogP) is 5.78. The van der Waals surface area contributed by atoms with Gasteiger partial charge >= 0.3 is 0 Å². The molecule has 1 atom stereocenters. The molecule has 0 bridgehead atoms. The number of anilines is 1. The first-order chi connectivity index (χ1) is 14.5. The molecule has 0 aliphatic carbocycles. The maximum Gasteiger partial charge on any atom is 0.290 e. The Morgan fingerprint density at radius 3 is 2.53 bits per heavy atom. The molecule has 7 heteroatoms. The van der Waals surface area contributed by atoms with Crippen LogP contribution >= 0.6 is 23.4 Å². The van der Waals surface area contributed by atoms with Gasteiger partial charge in [-0.2, -0.15) is 0 Å². The normalized spacial score (nSPS) is 20.4. The Kier molecular flexibility index (Phi) is 10.2. The van der Waals surface area contributed by atoms with Gasteiger partial charge in [-0.1, -0.05) is 51.4 Å². The molecule has 1 aromatic carbocycles. The molecule has 0 saturated carbocycles. The van der Waals surface area contributed by atoms with Gasteiger partial charge in [-0.15, -0.1) is 0 Å². The third-order valence-corrected chi connectivity index (χ3v) is 6.31. The summed E-state index contributed by atoms with van der Waals surface area (Å²) in [6, 6.07) is 6.26. The molecule has 1 unspecified atom stereocenters. The second-order valence-electron chi connectivity index (χ2n) is 7.31. The van der Waals surface area contributed by atoms with Crippen molar-refractivity contribution in [3.63, 3.8) is 0 Å². The summed E-state index contributed by atoms with van der Waals surface area (Å²) in [5.74, 6) is -0.338. The first-order valence-corrected chi connectivity index (χ1v) is 12.2. The molecule has 5 nitrogen and oxygen atoms in total. The number of thioether (sulfide) groups is 1. The quantitative estimate of drug-likeness (QED) is 0.532. The highest BCUT2D eigenvalue weighted by atomic mass is 35.5. The topological polar surface area (TPSA) is 52.6 Å². The molecule has 1 N–H and O–H groups in total. The van der Waals surface area contributed by atoms with Gasteiger partial charge in [0.15, 0.2) is 0 Å². The molecule has 2 aliphatic heterocycles. The van der Waals surface area contributed by atoms with Crippen LogP contribution in [-0.2, 0) is 4.79 Å². The van der Waals surface area contributed by atoms with Crippen LogP contribution < -0.4 is 10.2 Å². The zero-order valence-corrected chi connectivity index (χ0v) is 20.1. The second kappa shape index (κ2) is 12.4.